The number of amides is 1. The average molecular weight is 337 g/mol. The summed E-state index contributed by atoms with van der Waals surface area (Å²) in [6.45, 7) is 1.65. The van der Waals surface area contributed by atoms with E-state index >= 15 is 0 Å². The third kappa shape index (κ3) is 3.36. The van der Waals surface area contributed by atoms with Crippen molar-refractivity contribution in [1.29, 1.82) is 0 Å². The van der Waals surface area contributed by atoms with Crippen molar-refractivity contribution >= 4 is 27.5 Å². The summed E-state index contributed by atoms with van der Waals surface area (Å²) < 4.78 is 14.2. The maximum Gasteiger partial charge on any atom is 0.244 e. The zero-order valence-corrected chi connectivity index (χ0v) is 12.4. The molecule has 2 aromatic rings. The number of hydrogen-bond acceptors (Lipinski definition) is 2. The molecule has 1 unspecified atom stereocenters. The van der Waals surface area contributed by atoms with Crippen molar-refractivity contribution < 1.29 is 9.18 Å². The van der Waals surface area contributed by atoms with E-state index in [0.717, 1.165) is 10.2 Å². The highest BCUT2D eigenvalue weighted by Crippen LogP contribution is 2.22. The lowest BCUT2D eigenvalue weighted by Crippen LogP contribution is -2.27. The molecule has 1 atom stereocenters. The zero-order chi connectivity index (χ0) is 14.7. The SMILES string of the molecule is Cc1cc(C(Nc2ccc(Br)cc2)C(N)=O)ccc1F. The zero-order valence-electron chi connectivity index (χ0n) is 10.9. The van der Waals surface area contributed by atoms with Gasteiger partial charge in [0.15, 0.2) is 0 Å². The highest BCUT2D eigenvalue weighted by Gasteiger charge is 2.18. The number of rotatable bonds is 4. The standard InChI is InChI=1S/C15H14BrFN2O/c1-9-8-10(2-7-13(9)17)14(15(18)20)19-12-5-3-11(16)4-6-12/h2-8,14,19H,1H3,(H2,18,20). The summed E-state index contributed by atoms with van der Waals surface area (Å²) in [6.07, 6.45) is 0. The van der Waals surface area contributed by atoms with E-state index in [1.54, 1.807) is 19.1 Å². The van der Waals surface area contributed by atoms with Gasteiger partial charge in [0.05, 0.1) is 0 Å². The molecule has 2 rings (SSSR count). The van der Waals surface area contributed by atoms with E-state index in [9.17, 15) is 9.18 Å². The number of anilines is 1. The van der Waals surface area contributed by atoms with E-state index in [-0.39, 0.29) is 5.82 Å². The molecule has 0 aliphatic rings. The summed E-state index contributed by atoms with van der Waals surface area (Å²) in [5.74, 6) is -0.820. The maximum atomic E-state index is 13.3. The van der Waals surface area contributed by atoms with E-state index in [4.69, 9.17) is 5.73 Å². The lowest BCUT2D eigenvalue weighted by atomic mass is 10.0. The monoisotopic (exact) mass is 336 g/mol. The van der Waals surface area contributed by atoms with Crippen LogP contribution in [0.1, 0.15) is 17.2 Å². The molecule has 104 valence electrons. The minimum absolute atomic E-state index is 0.305. The van der Waals surface area contributed by atoms with Crippen LogP contribution in [-0.4, -0.2) is 5.91 Å². The fourth-order valence-corrected chi connectivity index (χ4v) is 2.14. The largest absolute Gasteiger partial charge is 0.370 e. The lowest BCUT2D eigenvalue weighted by molar-refractivity contribution is -0.118. The van der Waals surface area contributed by atoms with Crippen LogP contribution in [0.3, 0.4) is 0 Å². The van der Waals surface area contributed by atoms with Crippen LogP contribution in [0, 0.1) is 12.7 Å². The van der Waals surface area contributed by atoms with Crippen molar-refractivity contribution in [2.45, 2.75) is 13.0 Å². The van der Waals surface area contributed by atoms with Crippen molar-refractivity contribution in [2.24, 2.45) is 5.73 Å². The first kappa shape index (κ1) is 14.5. The molecule has 3 N–H and O–H groups in total. The molecule has 0 aromatic heterocycles. The van der Waals surface area contributed by atoms with Gasteiger partial charge in [-0.15, -0.1) is 0 Å². The molecule has 0 fully saturated rings. The van der Waals surface area contributed by atoms with Crippen molar-refractivity contribution in [3.63, 3.8) is 0 Å². The van der Waals surface area contributed by atoms with Gasteiger partial charge in [-0.3, -0.25) is 4.79 Å². The molecular weight excluding hydrogens is 323 g/mol. The Hall–Kier alpha value is -1.88. The molecule has 0 aliphatic carbocycles. The second-order valence-corrected chi connectivity index (χ2v) is 5.41. The van der Waals surface area contributed by atoms with Crippen LogP contribution in [0.4, 0.5) is 10.1 Å². The van der Waals surface area contributed by atoms with E-state index in [2.05, 4.69) is 21.2 Å². The summed E-state index contributed by atoms with van der Waals surface area (Å²) in [5, 5.41) is 3.05. The van der Waals surface area contributed by atoms with Crippen molar-refractivity contribution in [2.75, 3.05) is 5.32 Å². The van der Waals surface area contributed by atoms with Crippen LogP contribution in [0.5, 0.6) is 0 Å². The summed E-state index contributed by atoms with van der Waals surface area (Å²) in [6, 6.07) is 11.2. The number of carbonyl (C=O) groups excluding carboxylic acids is 1. The Morgan fingerprint density at radius 3 is 2.45 bits per heavy atom. The van der Waals surface area contributed by atoms with Crippen LogP contribution in [0.25, 0.3) is 0 Å². The molecule has 5 heteroatoms. The van der Waals surface area contributed by atoms with Gasteiger partial charge >= 0.3 is 0 Å². The van der Waals surface area contributed by atoms with Crippen LogP contribution in [-0.2, 0) is 4.79 Å². The number of primary amides is 1. The Labute approximate surface area is 125 Å². The van der Waals surface area contributed by atoms with Crippen LogP contribution in [0.15, 0.2) is 46.9 Å². The van der Waals surface area contributed by atoms with Gasteiger partial charge in [0.2, 0.25) is 5.91 Å². The molecule has 0 aliphatic heterocycles. The smallest absolute Gasteiger partial charge is 0.244 e. The van der Waals surface area contributed by atoms with Gasteiger partial charge in [-0.1, -0.05) is 28.1 Å². The van der Waals surface area contributed by atoms with Gasteiger partial charge in [-0.2, -0.15) is 0 Å². The predicted octanol–water partition coefficient (Wildman–Crippen LogP) is 3.54. The Balaban J connectivity index is 2.29. The minimum Gasteiger partial charge on any atom is -0.370 e. The molecule has 0 radical (unpaired) electrons. The molecule has 0 heterocycles. The Morgan fingerprint density at radius 1 is 1.25 bits per heavy atom. The molecule has 0 saturated carbocycles. The molecule has 2 aromatic carbocycles. The maximum absolute atomic E-state index is 13.3. The fraction of sp³-hybridized carbons (Fsp3) is 0.133. The first-order chi connectivity index (χ1) is 9.47. The van der Waals surface area contributed by atoms with E-state index in [0.29, 0.717) is 11.1 Å². The van der Waals surface area contributed by atoms with E-state index < -0.39 is 11.9 Å². The van der Waals surface area contributed by atoms with Crippen molar-refractivity contribution in [1.82, 2.24) is 0 Å². The fourth-order valence-electron chi connectivity index (χ4n) is 1.88. The summed E-state index contributed by atoms with van der Waals surface area (Å²) >= 11 is 3.34. The number of benzene rings is 2. The quantitative estimate of drug-likeness (QED) is 0.897. The van der Waals surface area contributed by atoms with Gasteiger partial charge in [-0.05, 0) is 48.4 Å². The van der Waals surface area contributed by atoms with Crippen molar-refractivity contribution in [3.05, 3.63) is 63.9 Å². The van der Waals surface area contributed by atoms with Gasteiger partial charge in [-0.25, -0.2) is 4.39 Å². The summed E-state index contributed by atoms with van der Waals surface area (Å²) in [7, 11) is 0. The van der Waals surface area contributed by atoms with Gasteiger partial charge in [0, 0.05) is 10.2 Å². The van der Waals surface area contributed by atoms with Gasteiger partial charge in [0.1, 0.15) is 11.9 Å². The molecule has 20 heavy (non-hydrogen) atoms. The number of nitrogens with one attached hydrogen (secondary N) is 1. The molecular formula is C15H14BrFN2O. The normalized spacial score (nSPS) is 11.9. The third-order valence-corrected chi connectivity index (χ3v) is 3.48. The van der Waals surface area contributed by atoms with E-state index in [1.807, 2.05) is 24.3 Å². The minimum atomic E-state index is -0.699. The number of nitrogens with two attached hydrogens (primary N) is 1. The number of aryl methyl sites for hydroxylation is 1. The number of hydrogen-bond donors (Lipinski definition) is 2. The first-order valence-electron chi connectivity index (χ1n) is 6.05. The lowest BCUT2D eigenvalue weighted by Gasteiger charge is -2.18. The van der Waals surface area contributed by atoms with Crippen LogP contribution < -0.4 is 11.1 Å². The molecule has 0 spiro atoms. The molecule has 1 amide bonds. The van der Waals surface area contributed by atoms with Crippen LogP contribution >= 0.6 is 15.9 Å². The van der Waals surface area contributed by atoms with Gasteiger partial charge < -0.3 is 11.1 Å². The molecule has 3 nitrogen and oxygen atoms in total. The Morgan fingerprint density at radius 2 is 1.90 bits per heavy atom. The second-order valence-electron chi connectivity index (χ2n) is 4.50. The average Bonchev–Trinajstić information content (AvgIpc) is 2.41. The Bertz CT molecular complexity index is 628. The number of carbonyl (C=O) groups is 1. The van der Waals surface area contributed by atoms with Crippen LogP contribution in [0.2, 0.25) is 0 Å². The molecule has 0 bridgehead atoms. The summed E-state index contributed by atoms with van der Waals surface area (Å²) in [5.41, 5.74) is 7.31. The summed E-state index contributed by atoms with van der Waals surface area (Å²) in [4.78, 5) is 11.6. The van der Waals surface area contributed by atoms with Gasteiger partial charge in [0.25, 0.3) is 0 Å². The highest BCUT2D eigenvalue weighted by molar-refractivity contribution is 9.10. The molecule has 0 saturated heterocycles. The highest BCUT2D eigenvalue weighted by atomic mass is 79.9. The third-order valence-electron chi connectivity index (χ3n) is 2.96. The second kappa shape index (κ2) is 6.05. The van der Waals surface area contributed by atoms with E-state index in [1.165, 1.54) is 6.07 Å². The topological polar surface area (TPSA) is 55.1 Å². The number of halogens is 2. The van der Waals surface area contributed by atoms with Crippen molar-refractivity contribution in [3.8, 4) is 0 Å². The first-order valence-corrected chi connectivity index (χ1v) is 6.84. The Kier molecular flexibility index (Phi) is 4.39. The predicted molar refractivity (Wildman–Crippen MR) is 80.8 cm³/mol.